The molecule has 0 bridgehead atoms. The van der Waals surface area contributed by atoms with Crippen molar-refractivity contribution in [1.82, 2.24) is 0 Å². The van der Waals surface area contributed by atoms with Gasteiger partial charge in [-0.2, -0.15) is 57.1 Å². The van der Waals surface area contributed by atoms with Gasteiger partial charge in [-0.25, -0.2) is 4.57 Å². The average Bonchev–Trinajstić information content (AvgIpc) is 2.84. The summed E-state index contributed by atoms with van der Waals surface area (Å²) in [6, 6.07) is 0. The Morgan fingerprint density at radius 1 is 0.500 bits per heavy atom. The number of halogens is 13. The quantitative estimate of drug-likeness (QED) is 0.0632. The van der Waals surface area contributed by atoms with Crippen molar-refractivity contribution in [1.29, 1.82) is 0 Å². The van der Waals surface area contributed by atoms with Crippen LogP contribution in [0.3, 0.4) is 0 Å². The van der Waals surface area contributed by atoms with Gasteiger partial charge in [0, 0.05) is 6.42 Å². The van der Waals surface area contributed by atoms with Crippen LogP contribution in [0.1, 0.15) is 103 Å². The highest BCUT2D eigenvalue weighted by molar-refractivity contribution is 7.47. The summed E-state index contributed by atoms with van der Waals surface area (Å²) in [6.07, 6.45) is 3.67. The number of rotatable bonds is 24. The van der Waals surface area contributed by atoms with Gasteiger partial charge < -0.3 is 4.89 Å². The van der Waals surface area contributed by atoms with Crippen molar-refractivity contribution in [3.8, 4) is 0 Å². The Hall–Kier alpha value is -0.800. The average molecular weight is 669 g/mol. The van der Waals surface area contributed by atoms with Crippen molar-refractivity contribution >= 4 is 7.82 Å². The molecule has 0 heterocycles. The van der Waals surface area contributed by atoms with Crippen LogP contribution in [0.5, 0.6) is 0 Å². The molecular weight excluding hydrogens is 630 g/mol. The summed E-state index contributed by atoms with van der Waals surface area (Å²) in [5.74, 6) is -37.6. The van der Waals surface area contributed by atoms with Crippen molar-refractivity contribution in [3.63, 3.8) is 0 Å². The molecule has 0 amide bonds. The molecule has 0 saturated carbocycles. The lowest BCUT2D eigenvalue weighted by atomic mass is 9.93. The van der Waals surface area contributed by atoms with Gasteiger partial charge in [0.15, 0.2) is 0 Å². The summed E-state index contributed by atoms with van der Waals surface area (Å²) < 4.78 is 190. The van der Waals surface area contributed by atoms with Crippen molar-refractivity contribution in [2.24, 2.45) is 0 Å². The van der Waals surface area contributed by atoms with E-state index in [4.69, 9.17) is 0 Å². The molecule has 0 aliphatic heterocycles. The molecule has 254 valence electrons. The van der Waals surface area contributed by atoms with Crippen LogP contribution in [0.4, 0.5) is 57.1 Å². The van der Waals surface area contributed by atoms with E-state index in [1.807, 2.05) is 0 Å². The van der Waals surface area contributed by atoms with E-state index >= 15 is 0 Å². The van der Waals surface area contributed by atoms with Gasteiger partial charge in [-0.3, -0.25) is 9.05 Å². The van der Waals surface area contributed by atoms with Gasteiger partial charge in [0.05, 0.1) is 13.2 Å². The Labute approximate surface area is 236 Å². The molecule has 0 aromatic carbocycles. The Morgan fingerprint density at radius 3 is 1.21 bits per heavy atom. The summed E-state index contributed by atoms with van der Waals surface area (Å²) in [5, 5.41) is 0. The van der Waals surface area contributed by atoms with Crippen LogP contribution in [0.15, 0.2) is 0 Å². The summed E-state index contributed by atoms with van der Waals surface area (Å²) >= 11 is 0. The Kier molecular flexibility index (Phi) is 16.7. The monoisotopic (exact) mass is 668 g/mol. The molecule has 0 radical (unpaired) electrons. The third-order valence-electron chi connectivity index (χ3n) is 6.42. The van der Waals surface area contributed by atoms with Crippen molar-refractivity contribution in [2.45, 2.75) is 139 Å². The summed E-state index contributed by atoms with van der Waals surface area (Å²) in [7, 11) is -5.22. The van der Waals surface area contributed by atoms with Crippen molar-refractivity contribution < 1.29 is 75.6 Å². The van der Waals surface area contributed by atoms with E-state index in [2.05, 4.69) is 16.0 Å². The third-order valence-corrected chi connectivity index (χ3v) is 7.44. The molecule has 18 heteroatoms. The number of phosphoric acid groups is 1. The summed E-state index contributed by atoms with van der Waals surface area (Å²) in [4.78, 5) is 9.39. The van der Waals surface area contributed by atoms with Crippen LogP contribution in [0.2, 0.25) is 0 Å². The number of unbranched alkanes of at least 4 members (excludes halogenated alkanes) is 13. The Balaban J connectivity index is 4.49. The number of hydrogen-bond donors (Lipinski definition) is 1. The van der Waals surface area contributed by atoms with E-state index < -0.39 is 63.2 Å². The molecule has 1 unspecified atom stereocenters. The zero-order chi connectivity index (χ0) is 32.9. The first-order chi connectivity index (χ1) is 19.0. The van der Waals surface area contributed by atoms with E-state index in [1.165, 1.54) is 38.5 Å². The molecule has 0 aromatic heterocycles. The van der Waals surface area contributed by atoms with Gasteiger partial charge in [0.2, 0.25) is 0 Å². The van der Waals surface area contributed by atoms with Gasteiger partial charge in [0.25, 0.3) is 0 Å². The second-order valence-electron chi connectivity index (χ2n) is 9.98. The fraction of sp³-hybridized carbons (Fsp3) is 1.00. The van der Waals surface area contributed by atoms with Gasteiger partial charge >= 0.3 is 43.6 Å². The molecular formula is C24H38F13O4P. The van der Waals surface area contributed by atoms with Crippen LogP contribution in [-0.2, 0) is 13.6 Å². The van der Waals surface area contributed by atoms with Gasteiger partial charge in [-0.15, -0.1) is 0 Å². The van der Waals surface area contributed by atoms with Gasteiger partial charge in [0.1, 0.15) is 0 Å². The topological polar surface area (TPSA) is 55.8 Å². The van der Waals surface area contributed by atoms with E-state index in [9.17, 15) is 66.5 Å². The highest BCUT2D eigenvalue weighted by atomic mass is 31.2. The highest BCUT2D eigenvalue weighted by Crippen LogP contribution is 2.60. The van der Waals surface area contributed by atoms with E-state index in [0.29, 0.717) is 6.42 Å². The van der Waals surface area contributed by atoms with Gasteiger partial charge in [-0.05, 0) is 6.42 Å². The maximum atomic E-state index is 13.7. The largest absolute Gasteiger partial charge is 0.472 e. The predicted molar refractivity (Wildman–Crippen MR) is 127 cm³/mol. The lowest BCUT2D eigenvalue weighted by Crippen LogP contribution is -2.70. The number of hydrogen-bond acceptors (Lipinski definition) is 3. The van der Waals surface area contributed by atoms with E-state index in [-0.39, 0.29) is 6.42 Å². The highest BCUT2D eigenvalue weighted by Gasteiger charge is 2.90. The molecule has 0 aliphatic rings. The molecule has 1 N–H and O–H groups in total. The maximum Gasteiger partial charge on any atom is 0.472 e. The number of alkyl halides is 13. The lowest BCUT2D eigenvalue weighted by Gasteiger charge is -2.39. The summed E-state index contributed by atoms with van der Waals surface area (Å²) in [5.41, 5.74) is 0. The molecule has 42 heavy (non-hydrogen) atoms. The Bertz CT molecular complexity index is 808. The first kappa shape index (κ1) is 41.2. The fourth-order valence-corrected chi connectivity index (χ4v) is 4.52. The SMILES string of the molecule is CCCCCCCCCCCCCCCCOP(=O)(O)OCCC(F)(F)C(F)(F)C(F)(F)C(F)(F)C(F)(F)C(F)(F)F. The zero-order valence-electron chi connectivity index (χ0n) is 23.1. The fourth-order valence-electron chi connectivity index (χ4n) is 3.76. The Morgan fingerprint density at radius 2 is 0.833 bits per heavy atom. The first-order valence-corrected chi connectivity index (χ1v) is 15.1. The van der Waals surface area contributed by atoms with E-state index in [1.54, 1.807) is 0 Å². The molecule has 0 fully saturated rings. The van der Waals surface area contributed by atoms with Crippen LogP contribution in [-0.4, -0.2) is 53.9 Å². The summed E-state index contributed by atoms with van der Waals surface area (Å²) in [6.45, 7) is -0.319. The zero-order valence-corrected chi connectivity index (χ0v) is 23.9. The molecule has 0 rings (SSSR count). The normalized spacial score (nSPS) is 15.7. The minimum Gasteiger partial charge on any atom is -0.302 e. The van der Waals surface area contributed by atoms with Crippen molar-refractivity contribution in [3.05, 3.63) is 0 Å². The molecule has 0 aliphatic carbocycles. The minimum absolute atomic E-state index is 0.189. The molecule has 0 saturated heterocycles. The van der Waals surface area contributed by atoms with Crippen molar-refractivity contribution in [2.75, 3.05) is 13.2 Å². The molecule has 0 spiro atoms. The third kappa shape index (κ3) is 11.6. The standard InChI is InChI=1S/C24H38F13O4P/c1-2-3-4-5-6-7-8-9-10-11-12-13-14-15-17-40-42(38,39)41-18-16-19(25,26)20(27,28)21(29,30)22(31,32)23(33,34)24(35,36)37/h2-18H2,1H3,(H,38,39). The van der Waals surface area contributed by atoms with Gasteiger partial charge in [-0.1, -0.05) is 90.4 Å². The second-order valence-corrected chi connectivity index (χ2v) is 11.4. The lowest BCUT2D eigenvalue weighted by molar-refractivity contribution is -0.440. The minimum atomic E-state index is -8.00. The molecule has 4 nitrogen and oxygen atoms in total. The number of phosphoric ester groups is 1. The second kappa shape index (κ2) is 17.0. The van der Waals surface area contributed by atoms with Crippen LogP contribution < -0.4 is 0 Å². The predicted octanol–water partition coefficient (Wildman–Crippen LogP) is 10.7. The molecule has 1 atom stereocenters. The van der Waals surface area contributed by atoms with Crippen LogP contribution in [0, 0.1) is 0 Å². The maximum absolute atomic E-state index is 13.7. The smallest absolute Gasteiger partial charge is 0.302 e. The van der Waals surface area contributed by atoms with Crippen LogP contribution >= 0.6 is 7.82 Å². The molecule has 0 aromatic rings. The van der Waals surface area contributed by atoms with E-state index in [0.717, 1.165) is 38.5 Å². The first-order valence-electron chi connectivity index (χ1n) is 13.6. The van der Waals surface area contributed by atoms with Crippen LogP contribution in [0.25, 0.3) is 0 Å².